The zero-order valence-corrected chi connectivity index (χ0v) is 18.2. The van der Waals surface area contributed by atoms with Gasteiger partial charge in [0.15, 0.2) is 0 Å². The fourth-order valence-corrected chi connectivity index (χ4v) is 8.68. The highest BCUT2D eigenvalue weighted by atomic mass is 16.4. The van der Waals surface area contributed by atoms with Crippen molar-refractivity contribution < 1.29 is 25.2 Å². The van der Waals surface area contributed by atoms with E-state index in [1.54, 1.807) is 0 Å². The van der Waals surface area contributed by atoms with Crippen LogP contribution in [0.2, 0.25) is 0 Å². The second kappa shape index (κ2) is 7.49. The summed E-state index contributed by atoms with van der Waals surface area (Å²) in [6, 6.07) is 0. The highest BCUT2D eigenvalue weighted by molar-refractivity contribution is 5.64. The Morgan fingerprint density at radius 1 is 1.07 bits per heavy atom. The Kier molecular flexibility index (Phi) is 5.57. The van der Waals surface area contributed by atoms with Gasteiger partial charge in [-0.3, -0.25) is 0 Å². The molecule has 0 aliphatic heterocycles. The Morgan fingerprint density at radius 2 is 1.79 bits per heavy atom. The summed E-state index contributed by atoms with van der Waals surface area (Å²) < 4.78 is 0. The summed E-state index contributed by atoms with van der Waals surface area (Å²) >= 11 is 0. The molecule has 4 saturated carbocycles. The summed E-state index contributed by atoms with van der Waals surface area (Å²) in [7, 11) is 0. The highest BCUT2D eigenvalue weighted by Gasteiger charge is 2.65. The average molecular weight is 408 g/mol. The fraction of sp³-hybridized carbons (Fsp3) is 0.958. The molecule has 0 heterocycles. The number of fused-ring (bicyclic) bond motifs is 5. The molecule has 3 N–H and O–H groups in total. The lowest BCUT2D eigenvalue weighted by Crippen LogP contribution is -2.62. The number of carboxylic acids is 1. The monoisotopic (exact) mass is 407 g/mol. The van der Waals surface area contributed by atoms with Crippen LogP contribution in [0.1, 0.15) is 78.6 Å². The molecular formula is C24H39O5-. The number of carbonyl (C=O) groups excluding carboxylic acids is 1. The molecule has 4 aliphatic carbocycles. The third-order valence-electron chi connectivity index (χ3n) is 10.3. The molecule has 11 atom stereocenters. The van der Waals surface area contributed by atoms with Crippen LogP contribution in [0.5, 0.6) is 0 Å². The van der Waals surface area contributed by atoms with Crippen molar-refractivity contribution in [1.82, 2.24) is 0 Å². The molecular weight excluding hydrogens is 368 g/mol. The highest BCUT2D eigenvalue weighted by Crippen LogP contribution is 2.68. The van der Waals surface area contributed by atoms with E-state index in [9.17, 15) is 25.2 Å². The van der Waals surface area contributed by atoms with Crippen molar-refractivity contribution in [2.75, 3.05) is 0 Å². The maximum absolute atomic E-state index is 11.5. The Bertz CT molecular complexity index is 637. The smallest absolute Gasteiger partial charge is 0.0602 e. The van der Waals surface area contributed by atoms with Crippen LogP contribution < -0.4 is 5.11 Å². The zero-order valence-electron chi connectivity index (χ0n) is 18.2. The quantitative estimate of drug-likeness (QED) is 0.663. The number of rotatable bonds is 4. The molecule has 5 heteroatoms. The van der Waals surface area contributed by atoms with E-state index in [0.29, 0.717) is 18.3 Å². The van der Waals surface area contributed by atoms with Gasteiger partial charge in [0.2, 0.25) is 0 Å². The summed E-state index contributed by atoms with van der Waals surface area (Å²) in [5, 5.41) is 43.9. The first-order valence-electron chi connectivity index (χ1n) is 11.8. The number of aliphatic hydroxyl groups is 3. The molecule has 0 aromatic carbocycles. The molecule has 0 amide bonds. The Hall–Kier alpha value is -0.650. The summed E-state index contributed by atoms with van der Waals surface area (Å²) in [4.78, 5) is 11.0. The molecule has 166 valence electrons. The van der Waals surface area contributed by atoms with Crippen LogP contribution in [-0.4, -0.2) is 39.6 Å². The van der Waals surface area contributed by atoms with Gasteiger partial charge in [0.1, 0.15) is 0 Å². The maximum Gasteiger partial charge on any atom is 0.0602 e. The molecule has 0 bridgehead atoms. The van der Waals surface area contributed by atoms with Gasteiger partial charge in [0.25, 0.3) is 0 Å². The number of aliphatic carboxylic acids is 1. The van der Waals surface area contributed by atoms with Crippen molar-refractivity contribution in [3.8, 4) is 0 Å². The number of carbonyl (C=O) groups is 1. The second-order valence-corrected chi connectivity index (χ2v) is 11.4. The summed E-state index contributed by atoms with van der Waals surface area (Å²) in [5.41, 5.74) is -0.172. The van der Waals surface area contributed by atoms with Crippen molar-refractivity contribution in [3.63, 3.8) is 0 Å². The van der Waals surface area contributed by atoms with Gasteiger partial charge in [-0.2, -0.15) is 0 Å². The average Bonchev–Trinajstić information content (AvgIpc) is 3.01. The molecule has 0 spiro atoms. The molecule has 0 saturated heterocycles. The van der Waals surface area contributed by atoms with Crippen molar-refractivity contribution in [1.29, 1.82) is 0 Å². The Balaban J connectivity index is 1.61. The van der Waals surface area contributed by atoms with Crippen LogP contribution >= 0.6 is 0 Å². The first-order valence-corrected chi connectivity index (χ1v) is 11.8. The first kappa shape index (κ1) is 21.6. The van der Waals surface area contributed by atoms with Crippen LogP contribution in [-0.2, 0) is 4.79 Å². The number of hydrogen-bond donors (Lipinski definition) is 3. The van der Waals surface area contributed by atoms with Crippen molar-refractivity contribution in [2.24, 2.45) is 46.3 Å². The van der Waals surface area contributed by atoms with E-state index >= 15 is 0 Å². The molecule has 0 aromatic rings. The van der Waals surface area contributed by atoms with Gasteiger partial charge in [-0.25, -0.2) is 0 Å². The van der Waals surface area contributed by atoms with Gasteiger partial charge >= 0.3 is 0 Å². The van der Waals surface area contributed by atoms with Crippen molar-refractivity contribution in [3.05, 3.63) is 0 Å². The third kappa shape index (κ3) is 3.27. The second-order valence-electron chi connectivity index (χ2n) is 11.4. The first-order chi connectivity index (χ1) is 13.6. The van der Waals surface area contributed by atoms with Crippen molar-refractivity contribution >= 4 is 5.97 Å². The number of hydrogen-bond acceptors (Lipinski definition) is 5. The lowest BCUT2D eigenvalue weighted by Gasteiger charge is -2.63. The van der Waals surface area contributed by atoms with Crippen LogP contribution in [0.3, 0.4) is 0 Å². The molecule has 29 heavy (non-hydrogen) atoms. The topological polar surface area (TPSA) is 101 Å². The minimum absolute atomic E-state index is 0.0747. The van der Waals surface area contributed by atoms with Crippen LogP contribution in [0.15, 0.2) is 0 Å². The SMILES string of the molecule is C[C@H](CCC(=O)[O-])[C@H]1CC[C@H]2[C@@H]3[C@H](O)C[C@H]4C[C@H](O)CC[C@]4(C)[C@H]3C[C@H](O)[C@]12C. The Morgan fingerprint density at radius 3 is 2.48 bits per heavy atom. The summed E-state index contributed by atoms with van der Waals surface area (Å²) in [6.07, 6.45) is 5.72. The molecule has 4 aliphatic rings. The molecule has 4 fully saturated rings. The predicted octanol–water partition coefficient (Wildman–Crippen LogP) is 2.11. The number of aliphatic hydroxyl groups excluding tert-OH is 3. The van der Waals surface area contributed by atoms with E-state index in [1.807, 2.05) is 0 Å². The lowest BCUT2D eigenvalue weighted by atomic mass is 9.43. The zero-order chi connectivity index (χ0) is 21.1. The normalized spacial score (nSPS) is 52.9. The minimum Gasteiger partial charge on any atom is -0.550 e. The third-order valence-corrected chi connectivity index (χ3v) is 10.3. The van der Waals surface area contributed by atoms with E-state index in [4.69, 9.17) is 0 Å². The van der Waals surface area contributed by atoms with Crippen LogP contribution in [0.4, 0.5) is 0 Å². The standard InChI is InChI=1S/C24H40O5/c1-13(4-7-21(28)29)16-5-6-17-22-18(12-20(27)24(16,17)3)23(2)9-8-15(25)10-14(23)11-19(22)26/h13-20,22,25-27H,4-12H2,1-3H3,(H,28,29)/p-1/t13-,14-,15-,16-,17+,18+,19-,20+,22+,23+,24-/m1/s1. The fourth-order valence-electron chi connectivity index (χ4n) is 8.68. The van der Waals surface area contributed by atoms with Crippen molar-refractivity contribution in [2.45, 2.75) is 96.9 Å². The van der Waals surface area contributed by atoms with E-state index in [-0.39, 0.29) is 53.1 Å². The molecule has 0 unspecified atom stereocenters. The van der Waals surface area contributed by atoms with Gasteiger partial charge in [-0.05, 0) is 104 Å². The summed E-state index contributed by atoms with van der Waals surface area (Å²) in [6.45, 7) is 6.67. The van der Waals surface area contributed by atoms with Gasteiger partial charge in [-0.1, -0.05) is 20.8 Å². The van der Waals surface area contributed by atoms with E-state index in [0.717, 1.165) is 44.9 Å². The lowest BCUT2D eigenvalue weighted by molar-refractivity contribution is -0.306. The van der Waals surface area contributed by atoms with E-state index < -0.39 is 12.1 Å². The van der Waals surface area contributed by atoms with Crippen LogP contribution in [0.25, 0.3) is 0 Å². The summed E-state index contributed by atoms with van der Waals surface area (Å²) in [5.74, 6) is 0.635. The molecule has 0 aromatic heterocycles. The van der Waals surface area contributed by atoms with Gasteiger partial charge in [0, 0.05) is 5.97 Å². The van der Waals surface area contributed by atoms with Gasteiger partial charge in [-0.15, -0.1) is 0 Å². The van der Waals surface area contributed by atoms with Gasteiger partial charge < -0.3 is 25.2 Å². The molecule has 4 rings (SSSR count). The Labute approximate surface area is 174 Å². The van der Waals surface area contributed by atoms with E-state index in [1.165, 1.54) is 0 Å². The molecule has 0 radical (unpaired) electrons. The number of carboxylic acid groups (broad SMARTS) is 1. The largest absolute Gasteiger partial charge is 0.550 e. The minimum atomic E-state index is -0.998. The molecule has 5 nitrogen and oxygen atoms in total. The van der Waals surface area contributed by atoms with Gasteiger partial charge in [0.05, 0.1) is 18.3 Å². The van der Waals surface area contributed by atoms with Crippen LogP contribution in [0, 0.1) is 46.3 Å². The maximum atomic E-state index is 11.5. The van der Waals surface area contributed by atoms with E-state index in [2.05, 4.69) is 20.8 Å². The predicted molar refractivity (Wildman–Crippen MR) is 107 cm³/mol.